The molecule has 0 saturated carbocycles. The van der Waals surface area contributed by atoms with Gasteiger partial charge in [-0.3, -0.25) is 19.6 Å². The molecule has 0 aliphatic heterocycles. The second-order valence-electron chi connectivity index (χ2n) is 18.0. The van der Waals surface area contributed by atoms with Crippen molar-refractivity contribution in [2.45, 2.75) is 83.1 Å². The molecule has 1 amide bonds. The van der Waals surface area contributed by atoms with E-state index in [-0.39, 0.29) is 41.8 Å². The maximum Gasteiger partial charge on any atom is 0.412 e. The number of benzene rings is 7. The second-order valence-corrected chi connectivity index (χ2v) is 20.5. The van der Waals surface area contributed by atoms with Gasteiger partial charge in [-0.1, -0.05) is 108 Å². The van der Waals surface area contributed by atoms with Crippen LogP contribution < -0.4 is 24.6 Å². The molecule has 72 heavy (non-hydrogen) atoms. The molecule has 0 saturated heterocycles. The SMILES string of the molecule is COC(=O)C[C@H](C)N(Cc1ccccc1Cl)c1ccc(NC(=O)OC(C)(C)C)c2ccccc12.COC(=O)C[C@H](C)N(Cc1ccccc1Cl)c1ccc(NS(=O)(=O)c2ccc(OC)cc2)c2ccccc12. The van der Waals surface area contributed by atoms with Crippen molar-refractivity contribution in [3.63, 3.8) is 0 Å². The number of methoxy groups -OCH3 is 3. The minimum Gasteiger partial charge on any atom is -0.497 e. The summed E-state index contributed by atoms with van der Waals surface area (Å²) in [5.41, 5.74) is 4.09. The number of hydrogen-bond acceptors (Lipinski definition) is 11. The van der Waals surface area contributed by atoms with Crippen LogP contribution in [0, 0.1) is 0 Å². The van der Waals surface area contributed by atoms with E-state index in [0.29, 0.717) is 40.3 Å². The summed E-state index contributed by atoms with van der Waals surface area (Å²) in [7, 11) is 0.430. The first kappa shape index (κ1) is 54.3. The Bertz CT molecular complexity index is 3130. The van der Waals surface area contributed by atoms with Crippen LogP contribution >= 0.6 is 23.2 Å². The highest BCUT2D eigenvalue weighted by atomic mass is 35.5. The molecular weight excluding hydrogens is 976 g/mol. The maximum absolute atomic E-state index is 13.2. The van der Waals surface area contributed by atoms with Gasteiger partial charge in [0.15, 0.2) is 0 Å². The third-order valence-electron chi connectivity index (χ3n) is 11.7. The molecule has 13 nitrogen and oxygen atoms in total. The molecule has 2 atom stereocenters. The Morgan fingerprint density at radius 2 is 0.986 bits per heavy atom. The number of halogens is 2. The van der Waals surface area contributed by atoms with Crippen LogP contribution in [0.15, 0.2) is 150 Å². The van der Waals surface area contributed by atoms with Gasteiger partial charge in [0.1, 0.15) is 11.4 Å². The third-order valence-corrected chi connectivity index (χ3v) is 13.8. The van der Waals surface area contributed by atoms with E-state index in [0.717, 1.165) is 44.0 Å². The number of fused-ring (bicyclic) bond motifs is 2. The summed E-state index contributed by atoms with van der Waals surface area (Å²) >= 11 is 13.0. The Morgan fingerprint density at radius 1 is 0.569 bits per heavy atom. The largest absolute Gasteiger partial charge is 0.497 e. The summed E-state index contributed by atoms with van der Waals surface area (Å²) in [4.78, 5) is 41.0. The van der Waals surface area contributed by atoms with E-state index in [1.54, 1.807) is 18.2 Å². The number of carbonyl (C=O) groups excluding carboxylic acids is 3. The molecule has 2 N–H and O–H groups in total. The fourth-order valence-corrected chi connectivity index (χ4v) is 9.55. The summed E-state index contributed by atoms with van der Waals surface area (Å²) in [6.45, 7) is 10.3. The number of esters is 2. The first-order chi connectivity index (χ1) is 34.3. The molecule has 7 aromatic rings. The van der Waals surface area contributed by atoms with Crippen LogP contribution in [-0.2, 0) is 46.9 Å². The molecule has 16 heteroatoms. The van der Waals surface area contributed by atoms with Crippen molar-refractivity contribution >= 4 is 95.6 Å². The number of hydrogen-bond donors (Lipinski definition) is 2. The zero-order valence-corrected chi connectivity index (χ0v) is 43.9. The Labute approximate surface area is 432 Å². The van der Waals surface area contributed by atoms with Crippen LogP contribution in [0.5, 0.6) is 5.75 Å². The molecule has 0 aliphatic rings. The Hall–Kier alpha value is -7.00. The number of anilines is 4. The number of nitrogens with zero attached hydrogens (tertiary/aromatic N) is 2. The lowest BCUT2D eigenvalue weighted by molar-refractivity contribution is -0.141. The summed E-state index contributed by atoms with van der Waals surface area (Å²) in [6.07, 6.45) is -0.133. The monoisotopic (exact) mass is 1030 g/mol. The molecule has 7 rings (SSSR count). The van der Waals surface area contributed by atoms with Gasteiger partial charge in [0, 0.05) is 68.1 Å². The Kier molecular flexibility index (Phi) is 18.4. The number of nitrogens with one attached hydrogen (secondary N) is 2. The van der Waals surface area contributed by atoms with Gasteiger partial charge in [0.2, 0.25) is 0 Å². The van der Waals surface area contributed by atoms with Crippen LogP contribution in [0.1, 0.15) is 58.6 Å². The smallest absolute Gasteiger partial charge is 0.412 e. The van der Waals surface area contributed by atoms with Crippen molar-refractivity contribution in [2.75, 3.05) is 41.2 Å². The number of ether oxygens (including phenoxy) is 4. The number of rotatable bonds is 17. The Balaban J connectivity index is 0.000000237. The zero-order valence-electron chi connectivity index (χ0n) is 41.6. The minimum absolute atomic E-state index is 0.124. The van der Waals surface area contributed by atoms with Crippen molar-refractivity contribution in [1.29, 1.82) is 0 Å². The van der Waals surface area contributed by atoms with E-state index in [1.165, 1.54) is 33.5 Å². The van der Waals surface area contributed by atoms with E-state index in [1.807, 2.05) is 150 Å². The van der Waals surface area contributed by atoms with Crippen molar-refractivity contribution in [3.8, 4) is 5.75 Å². The van der Waals surface area contributed by atoms with Crippen molar-refractivity contribution < 1.29 is 41.7 Å². The average Bonchev–Trinajstić information content (AvgIpc) is 3.35. The van der Waals surface area contributed by atoms with E-state index in [9.17, 15) is 22.8 Å². The van der Waals surface area contributed by atoms with E-state index in [2.05, 4.69) is 19.8 Å². The molecular formula is C56H60Cl2N4O9S. The van der Waals surface area contributed by atoms with Gasteiger partial charge in [0.05, 0.1) is 50.4 Å². The summed E-state index contributed by atoms with van der Waals surface area (Å²) < 4.78 is 49.5. The van der Waals surface area contributed by atoms with Crippen LogP contribution in [-0.4, -0.2) is 65.5 Å². The van der Waals surface area contributed by atoms with Gasteiger partial charge >= 0.3 is 18.0 Å². The van der Waals surface area contributed by atoms with Crippen molar-refractivity contribution in [1.82, 2.24) is 0 Å². The first-order valence-electron chi connectivity index (χ1n) is 23.2. The van der Waals surface area contributed by atoms with E-state index < -0.39 is 21.7 Å². The Morgan fingerprint density at radius 3 is 1.42 bits per heavy atom. The normalized spacial score (nSPS) is 12.1. The van der Waals surface area contributed by atoms with Gasteiger partial charge in [-0.05, 0) is 106 Å². The highest BCUT2D eigenvalue weighted by molar-refractivity contribution is 7.92. The number of amides is 1. The molecule has 378 valence electrons. The maximum atomic E-state index is 13.2. The van der Waals surface area contributed by atoms with E-state index in [4.69, 9.17) is 42.1 Å². The molecule has 0 bridgehead atoms. The molecule has 0 aromatic heterocycles. The highest BCUT2D eigenvalue weighted by Gasteiger charge is 2.25. The number of carbonyl (C=O) groups is 3. The molecule has 0 fully saturated rings. The van der Waals surface area contributed by atoms with Gasteiger partial charge in [-0.15, -0.1) is 0 Å². The van der Waals surface area contributed by atoms with Gasteiger partial charge in [-0.2, -0.15) is 0 Å². The van der Waals surface area contributed by atoms with Gasteiger partial charge in [-0.25, -0.2) is 13.2 Å². The van der Waals surface area contributed by atoms with Crippen molar-refractivity contribution in [2.24, 2.45) is 0 Å². The van der Waals surface area contributed by atoms with Crippen LogP contribution in [0.25, 0.3) is 21.5 Å². The minimum atomic E-state index is -3.85. The predicted molar refractivity (Wildman–Crippen MR) is 289 cm³/mol. The zero-order chi connectivity index (χ0) is 52.2. The highest BCUT2D eigenvalue weighted by Crippen LogP contribution is 2.38. The molecule has 0 radical (unpaired) electrons. The lowest BCUT2D eigenvalue weighted by atomic mass is 10.0. The second kappa shape index (κ2) is 24.4. The number of sulfonamides is 1. The molecule has 0 spiro atoms. The lowest BCUT2D eigenvalue weighted by Crippen LogP contribution is -2.35. The van der Waals surface area contributed by atoms with Crippen LogP contribution in [0.3, 0.4) is 0 Å². The van der Waals surface area contributed by atoms with Crippen molar-refractivity contribution in [3.05, 3.63) is 167 Å². The topological polar surface area (TPSA) is 153 Å². The van der Waals surface area contributed by atoms with Gasteiger partial charge < -0.3 is 28.7 Å². The third kappa shape index (κ3) is 14.1. The quantitative estimate of drug-likeness (QED) is 0.0662. The lowest BCUT2D eigenvalue weighted by Gasteiger charge is -2.33. The van der Waals surface area contributed by atoms with Crippen LogP contribution in [0.4, 0.5) is 27.5 Å². The average molecular weight is 1040 g/mol. The molecule has 0 heterocycles. The fourth-order valence-electron chi connectivity index (χ4n) is 8.08. The summed E-state index contributed by atoms with van der Waals surface area (Å²) in [5.74, 6) is -0.0440. The first-order valence-corrected chi connectivity index (χ1v) is 25.4. The molecule has 7 aromatic carbocycles. The van der Waals surface area contributed by atoms with Gasteiger partial charge in [0.25, 0.3) is 10.0 Å². The standard InChI is InChI=1S/C29H29ClN2O5S.C27H31ClN2O4/c1-20(18-29(33)37-3)32(19-21-8-4-7-11-26(21)30)28-17-16-27(24-9-5-6-10-25(24)28)31-38(34,35)23-14-12-22(36-2)13-15-23;1-18(16-25(31)33-5)30(17-19-10-6-9-13-22(19)28)24-15-14-23(20-11-7-8-12-21(20)24)29-26(32)34-27(2,3)4/h4-17,20,31H,18-19H2,1-3H3;6-15,18H,16-17H2,1-5H3,(H,29,32)/t20-;18-/m00/s1. The molecule has 0 unspecified atom stereocenters. The molecule has 0 aliphatic carbocycles. The fraction of sp³-hybridized carbons (Fsp3) is 0.268. The predicted octanol–water partition coefficient (Wildman–Crippen LogP) is 13.1. The summed E-state index contributed by atoms with van der Waals surface area (Å²) in [5, 5.41) is 7.48. The van der Waals surface area contributed by atoms with Crippen LogP contribution in [0.2, 0.25) is 10.0 Å². The summed E-state index contributed by atoms with van der Waals surface area (Å²) in [6, 6.07) is 43.8. The van der Waals surface area contributed by atoms with E-state index >= 15 is 0 Å².